The van der Waals surface area contributed by atoms with E-state index in [9.17, 15) is 9.59 Å². The second kappa shape index (κ2) is 8.73. The molecule has 156 valence electrons. The smallest absolute Gasteiger partial charge is 0.341 e. The summed E-state index contributed by atoms with van der Waals surface area (Å²) >= 11 is 0. The molecule has 0 saturated carbocycles. The molecule has 0 bridgehead atoms. The van der Waals surface area contributed by atoms with Crippen LogP contribution in [0.4, 0.5) is 0 Å². The Balaban J connectivity index is 1.66. The first-order chi connectivity index (χ1) is 14.2. The van der Waals surface area contributed by atoms with Crippen molar-refractivity contribution in [1.29, 1.82) is 0 Å². The minimum absolute atomic E-state index is 0.311. The number of aromatic nitrogens is 4. The lowest BCUT2D eigenvalue weighted by Crippen LogP contribution is -2.25. The van der Waals surface area contributed by atoms with E-state index in [2.05, 4.69) is 15.4 Å². The molecule has 0 aliphatic heterocycles. The van der Waals surface area contributed by atoms with Crippen LogP contribution in [0, 0.1) is 5.41 Å². The SMILES string of the molecule is CC(C)(C)C(=O)Oc1ccc(-c2nnn(Cc3cccc(OCC(=O)O)c3)n2)cc1. The molecule has 0 amide bonds. The van der Waals surface area contributed by atoms with E-state index in [1.807, 2.05) is 6.07 Å². The average molecular weight is 410 g/mol. The zero-order chi connectivity index (χ0) is 21.7. The summed E-state index contributed by atoms with van der Waals surface area (Å²) in [6.07, 6.45) is 0. The molecule has 0 unspecified atom stereocenters. The molecule has 0 radical (unpaired) electrons. The fourth-order valence-electron chi connectivity index (χ4n) is 2.40. The van der Waals surface area contributed by atoms with Crippen molar-refractivity contribution < 1.29 is 24.2 Å². The first-order valence-electron chi connectivity index (χ1n) is 9.25. The van der Waals surface area contributed by atoms with E-state index in [4.69, 9.17) is 14.6 Å². The van der Waals surface area contributed by atoms with Gasteiger partial charge in [-0.1, -0.05) is 12.1 Å². The summed E-state index contributed by atoms with van der Waals surface area (Å²) in [5.74, 6) is -0.0158. The summed E-state index contributed by atoms with van der Waals surface area (Å²) in [4.78, 5) is 24.0. The molecule has 2 aromatic carbocycles. The predicted molar refractivity (Wildman–Crippen MR) is 107 cm³/mol. The van der Waals surface area contributed by atoms with Crippen LogP contribution < -0.4 is 9.47 Å². The number of esters is 1. The minimum atomic E-state index is -1.04. The van der Waals surface area contributed by atoms with E-state index in [0.29, 0.717) is 23.9 Å². The Kier molecular flexibility index (Phi) is 6.10. The summed E-state index contributed by atoms with van der Waals surface area (Å²) < 4.78 is 10.5. The highest BCUT2D eigenvalue weighted by atomic mass is 16.5. The number of carboxylic acid groups (broad SMARTS) is 1. The zero-order valence-corrected chi connectivity index (χ0v) is 16.9. The number of ether oxygens (including phenoxy) is 2. The maximum Gasteiger partial charge on any atom is 0.341 e. The number of carbonyl (C=O) groups excluding carboxylic acids is 1. The minimum Gasteiger partial charge on any atom is -0.482 e. The Morgan fingerprint density at radius 2 is 1.80 bits per heavy atom. The highest BCUT2D eigenvalue weighted by Gasteiger charge is 2.23. The van der Waals surface area contributed by atoms with Gasteiger partial charge in [0, 0.05) is 5.56 Å². The molecule has 1 N–H and O–H groups in total. The van der Waals surface area contributed by atoms with Crippen LogP contribution in [0.2, 0.25) is 0 Å². The van der Waals surface area contributed by atoms with E-state index < -0.39 is 18.0 Å². The van der Waals surface area contributed by atoms with Crippen LogP contribution in [-0.2, 0) is 16.1 Å². The van der Waals surface area contributed by atoms with Crippen molar-refractivity contribution in [1.82, 2.24) is 20.2 Å². The van der Waals surface area contributed by atoms with Gasteiger partial charge < -0.3 is 14.6 Å². The Morgan fingerprint density at radius 1 is 1.07 bits per heavy atom. The van der Waals surface area contributed by atoms with Crippen molar-refractivity contribution in [2.24, 2.45) is 5.41 Å². The molecule has 9 nitrogen and oxygen atoms in total. The lowest BCUT2D eigenvalue weighted by Gasteiger charge is -2.16. The Bertz CT molecular complexity index is 1040. The van der Waals surface area contributed by atoms with Crippen molar-refractivity contribution >= 4 is 11.9 Å². The number of hydrogen-bond acceptors (Lipinski definition) is 7. The van der Waals surface area contributed by atoms with Crippen molar-refractivity contribution in [3.63, 3.8) is 0 Å². The Hall–Kier alpha value is -3.75. The van der Waals surface area contributed by atoms with Gasteiger partial charge in [0.05, 0.1) is 12.0 Å². The Morgan fingerprint density at radius 3 is 2.47 bits per heavy atom. The molecule has 3 aromatic rings. The molecule has 3 rings (SSSR count). The van der Waals surface area contributed by atoms with Gasteiger partial charge in [-0.25, -0.2) is 4.79 Å². The number of nitrogens with zero attached hydrogens (tertiary/aromatic N) is 4. The second-order valence-electron chi connectivity index (χ2n) is 7.64. The maximum atomic E-state index is 12.0. The number of aliphatic carboxylic acids is 1. The Labute approximate surface area is 173 Å². The molecule has 0 aliphatic rings. The first-order valence-corrected chi connectivity index (χ1v) is 9.25. The molecule has 9 heteroatoms. The lowest BCUT2D eigenvalue weighted by molar-refractivity contribution is -0.143. The molecule has 1 heterocycles. The van der Waals surface area contributed by atoms with Crippen LogP contribution >= 0.6 is 0 Å². The number of benzene rings is 2. The highest BCUT2D eigenvalue weighted by Crippen LogP contribution is 2.22. The van der Waals surface area contributed by atoms with E-state index in [0.717, 1.165) is 11.1 Å². The highest BCUT2D eigenvalue weighted by molar-refractivity contribution is 5.78. The normalized spacial score (nSPS) is 11.2. The molecular formula is C21H22N4O5. The standard InChI is InChI=1S/C21H22N4O5/c1-21(2,3)20(28)30-16-9-7-15(8-10-16)19-22-24-25(23-19)12-14-5-4-6-17(11-14)29-13-18(26)27/h4-11H,12-13H2,1-3H3,(H,26,27). The summed E-state index contributed by atoms with van der Waals surface area (Å²) in [7, 11) is 0. The van der Waals surface area contributed by atoms with Gasteiger partial charge in [0.2, 0.25) is 5.82 Å². The number of carbonyl (C=O) groups is 2. The summed E-state index contributed by atoms with van der Waals surface area (Å²) in [6, 6.07) is 13.9. The summed E-state index contributed by atoms with van der Waals surface area (Å²) in [6.45, 7) is 5.31. The summed E-state index contributed by atoms with van der Waals surface area (Å²) in [5.41, 5.74) is 0.987. The van der Waals surface area contributed by atoms with Gasteiger partial charge in [-0.15, -0.1) is 10.2 Å². The third kappa shape index (κ3) is 5.63. The van der Waals surface area contributed by atoms with Gasteiger partial charge in [0.1, 0.15) is 11.5 Å². The second-order valence-corrected chi connectivity index (χ2v) is 7.64. The third-order valence-corrected chi connectivity index (χ3v) is 3.97. The summed E-state index contributed by atoms with van der Waals surface area (Å²) in [5, 5.41) is 21.2. The van der Waals surface area contributed by atoms with Gasteiger partial charge in [-0.2, -0.15) is 4.80 Å². The number of rotatable bonds is 7. The topological polar surface area (TPSA) is 116 Å². The monoisotopic (exact) mass is 410 g/mol. The predicted octanol–water partition coefficient (Wildman–Crippen LogP) is 2.80. The van der Waals surface area contributed by atoms with Gasteiger partial charge in [-0.05, 0) is 67.9 Å². The van der Waals surface area contributed by atoms with Gasteiger partial charge in [0.25, 0.3) is 0 Å². The molecule has 30 heavy (non-hydrogen) atoms. The van der Waals surface area contributed by atoms with Crippen LogP contribution in [0.5, 0.6) is 11.5 Å². The molecule has 0 atom stereocenters. The van der Waals surface area contributed by atoms with E-state index in [1.54, 1.807) is 63.2 Å². The third-order valence-electron chi connectivity index (χ3n) is 3.97. The van der Waals surface area contributed by atoms with Gasteiger partial charge >= 0.3 is 11.9 Å². The molecule has 0 aliphatic carbocycles. The van der Waals surface area contributed by atoms with E-state index in [-0.39, 0.29) is 5.97 Å². The van der Waals surface area contributed by atoms with Crippen LogP contribution in [-0.4, -0.2) is 43.9 Å². The van der Waals surface area contributed by atoms with Crippen molar-refractivity contribution in [3.8, 4) is 22.9 Å². The number of hydrogen-bond donors (Lipinski definition) is 1. The van der Waals surface area contributed by atoms with Crippen molar-refractivity contribution in [2.45, 2.75) is 27.3 Å². The van der Waals surface area contributed by atoms with Crippen LogP contribution in [0.15, 0.2) is 48.5 Å². The molecule has 0 fully saturated rings. The molecule has 0 spiro atoms. The molecule has 1 aromatic heterocycles. The number of carboxylic acids is 1. The fraction of sp³-hybridized carbons (Fsp3) is 0.286. The quantitative estimate of drug-likeness (QED) is 0.467. The average Bonchev–Trinajstić information content (AvgIpc) is 3.15. The van der Waals surface area contributed by atoms with E-state index >= 15 is 0 Å². The molecule has 0 saturated heterocycles. The fourth-order valence-corrected chi connectivity index (χ4v) is 2.40. The molecular weight excluding hydrogens is 388 g/mol. The number of tetrazole rings is 1. The van der Waals surface area contributed by atoms with Crippen LogP contribution in [0.3, 0.4) is 0 Å². The van der Waals surface area contributed by atoms with Crippen molar-refractivity contribution in [2.75, 3.05) is 6.61 Å². The van der Waals surface area contributed by atoms with Crippen LogP contribution in [0.25, 0.3) is 11.4 Å². The largest absolute Gasteiger partial charge is 0.482 e. The van der Waals surface area contributed by atoms with E-state index in [1.165, 1.54) is 4.80 Å². The van der Waals surface area contributed by atoms with Gasteiger partial charge in [0.15, 0.2) is 6.61 Å². The van der Waals surface area contributed by atoms with Crippen LogP contribution in [0.1, 0.15) is 26.3 Å². The van der Waals surface area contributed by atoms with Gasteiger partial charge in [-0.3, -0.25) is 4.79 Å². The zero-order valence-electron chi connectivity index (χ0n) is 16.9. The lowest BCUT2D eigenvalue weighted by atomic mass is 9.97. The van der Waals surface area contributed by atoms with Crippen molar-refractivity contribution in [3.05, 3.63) is 54.1 Å². The maximum absolute atomic E-state index is 12.0. The first kappa shape index (κ1) is 21.0.